The molecule has 0 radical (unpaired) electrons. The lowest BCUT2D eigenvalue weighted by molar-refractivity contribution is -0.119. The van der Waals surface area contributed by atoms with Gasteiger partial charge in [0.1, 0.15) is 0 Å². The molecule has 0 aliphatic carbocycles. The van der Waals surface area contributed by atoms with Crippen LogP contribution in [0.15, 0.2) is 52.2 Å². The van der Waals surface area contributed by atoms with Gasteiger partial charge in [0.25, 0.3) is 0 Å². The molecule has 8 heteroatoms. The number of H-pyrrole nitrogens is 1. The van der Waals surface area contributed by atoms with Crippen LogP contribution in [-0.2, 0) is 11.3 Å². The molecule has 0 aliphatic rings. The van der Waals surface area contributed by atoms with Gasteiger partial charge in [-0.1, -0.05) is 39.8 Å². The van der Waals surface area contributed by atoms with E-state index in [-0.39, 0.29) is 11.7 Å². The molecule has 2 aromatic heterocycles. The number of benzene rings is 1. The van der Waals surface area contributed by atoms with Crippen molar-refractivity contribution in [2.45, 2.75) is 18.6 Å². The molecule has 1 amide bonds. The third-order valence-corrected chi connectivity index (χ3v) is 6.04. The summed E-state index contributed by atoms with van der Waals surface area (Å²) in [5.41, 5.74) is 1.96. The van der Waals surface area contributed by atoms with E-state index in [1.807, 2.05) is 30.3 Å². The zero-order chi connectivity index (χ0) is 18.5. The number of Topliss-reactive ketones (excluding diaryl/α,β-unsaturated/α-hetero) is 1. The van der Waals surface area contributed by atoms with Crippen molar-refractivity contribution in [2.24, 2.45) is 0 Å². The monoisotopic (exact) mass is 449 g/mol. The van der Waals surface area contributed by atoms with Crippen LogP contribution >= 0.6 is 39.0 Å². The number of ketones is 1. The first kappa shape index (κ1) is 18.9. The third kappa shape index (κ3) is 5.06. The molecular weight excluding hydrogens is 434 g/mol. The van der Waals surface area contributed by atoms with Crippen LogP contribution in [0.5, 0.6) is 0 Å². The molecule has 0 aliphatic heterocycles. The van der Waals surface area contributed by atoms with Crippen molar-refractivity contribution in [3.8, 4) is 11.3 Å². The van der Waals surface area contributed by atoms with Gasteiger partial charge in [-0.3, -0.25) is 9.59 Å². The van der Waals surface area contributed by atoms with Gasteiger partial charge in [0.15, 0.2) is 10.9 Å². The Hall–Kier alpha value is -1.90. The Kier molecular flexibility index (Phi) is 6.29. The number of amides is 1. The molecule has 0 spiro atoms. The van der Waals surface area contributed by atoms with Crippen LogP contribution in [0.4, 0.5) is 0 Å². The minimum Gasteiger partial charge on any atom is -0.351 e. The van der Waals surface area contributed by atoms with Crippen LogP contribution in [0.25, 0.3) is 11.3 Å². The quantitative estimate of drug-likeness (QED) is 0.410. The first-order valence-electron chi connectivity index (χ1n) is 7.81. The van der Waals surface area contributed by atoms with Crippen LogP contribution in [0.1, 0.15) is 21.5 Å². The maximum absolute atomic E-state index is 12.3. The maximum atomic E-state index is 12.3. The summed E-state index contributed by atoms with van der Waals surface area (Å²) >= 11 is 6.21. The molecule has 0 atom stereocenters. The second-order valence-electron chi connectivity index (χ2n) is 5.50. The number of nitrogens with zero attached hydrogens (tertiary/aromatic N) is 1. The van der Waals surface area contributed by atoms with Gasteiger partial charge in [-0.2, -0.15) is 0 Å². The Morgan fingerprint density at radius 2 is 2.00 bits per heavy atom. The Labute approximate surface area is 167 Å². The number of aromatic amines is 1. The molecule has 2 heterocycles. The first-order chi connectivity index (χ1) is 12.5. The Morgan fingerprint density at radius 3 is 2.73 bits per heavy atom. The summed E-state index contributed by atoms with van der Waals surface area (Å²) in [7, 11) is 0. The van der Waals surface area contributed by atoms with Gasteiger partial charge < -0.3 is 10.3 Å². The lowest BCUT2D eigenvalue weighted by Crippen LogP contribution is -2.18. The smallest absolute Gasteiger partial charge is 0.217 e. The summed E-state index contributed by atoms with van der Waals surface area (Å²) in [5.74, 6) is 0.282. The van der Waals surface area contributed by atoms with Crippen molar-refractivity contribution in [3.63, 3.8) is 0 Å². The number of nitrogens with one attached hydrogen (secondary N) is 2. The molecule has 26 heavy (non-hydrogen) atoms. The average Bonchev–Trinajstić information content (AvgIpc) is 3.28. The minimum atomic E-state index is -0.0822. The second-order valence-corrected chi connectivity index (χ2v) is 8.54. The summed E-state index contributed by atoms with van der Waals surface area (Å²) in [6.45, 7) is 1.93. The van der Waals surface area contributed by atoms with Crippen molar-refractivity contribution in [3.05, 3.63) is 56.8 Å². The van der Waals surface area contributed by atoms with E-state index < -0.39 is 0 Å². The highest BCUT2D eigenvalue weighted by Crippen LogP contribution is 2.25. The number of imidazole rings is 1. The zero-order valence-electron chi connectivity index (χ0n) is 13.9. The van der Waals surface area contributed by atoms with Gasteiger partial charge in [0.05, 0.1) is 29.1 Å². The molecule has 3 rings (SSSR count). The number of halogens is 1. The molecule has 5 nitrogen and oxygen atoms in total. The molecule has 2 N–H and O–H groups in total. The number of hydrogen-bond donors (Lipinski definition) is 2. The van der Waals surface area contributed by atoms with E-state index in [4.69, 9.17) is 0 Å². The number of hydrogen-bond acceptors (Lipinski definition) is 5. The van der Waals surface area contributed by atoms with E-state index >= 15 is 0 Å². The van der Waals surface area contributed by atoms with E-state index in [2.05, 4.69) is 31.2 Å². The highest BCUT2D eigenvalue weighted by Gasteiger charge is 2.12. The zero-order valence-corrected chi connectivity index (χ0v) is 17.1. The molecule has 0 saturated carbocycles. The largest absolute Gasteiger partial charge is 0.351 e. The summed E-state index contributed by atoms with van der Waals surface area (Å²) in [6, 6.07) is 11.6. The highest BCUT2D eigenvalue weighted by atomic mass is 79.9. The van der Waals surface area contributed by atoms with Crippen molar-refractivity contribution >= 4 is 50.7 Å². The van der Waals surface area contributed by atoms with Crippen LogP contribution in [0.3, 0.4) is 0 Å². The molecule has 0 bridgehead atoms. The van der Waals surface area contributed by atoms with Gasteiger partial charge in [-0.25, -0.2) is 4.98 Å². The number of carbonyl (C=O) groups is 2. The fraction of sp³-hybridized carbons (Fsp3) is 0.167. The highest BCUT2D eigenvalue weighted by molar-refractivity contribution is 9.10. The van der Waals surface area contributed by atoms with Gasteiger partial charge in [-0.15, -0.1) is 11.3 Å². The number of thioether (sulfide) groups is 1. The van der Waals surface area contributed by atoms with Crippen molar-refractivity contribution in [1.29, 1.82) is 0 Å². The predicted octanol–water partition coefficient (Wildman–Crippen LogP) is 4.51. The Morgan fingerprint density at radius 1 is 1.23 bits per heavy atom. The number of carbonyl (C=O) groups excluding carboxylic acids is 2. The summed E-state index contributed by atoms with van der Waals surface area (Å²) in [5, 5.41) is 3.44. The third-order valence-electron chi connectivity index (χ3n) is 3.50. The molecule has 0 fully saturated rings. The van der Waals surface area contributed by atoms with Gasteiger partial charge >= 0.3 is 0 Å². The average molecular weight is 450 g/mol. The first-order valence-corrected chi connectivity index (χ1v) is 10.4. The van der Waals surface area contributed by atoms with Crippen molar-refractivity contribution in [1.82, 2.24) is 15.3 Å². The summed E-state index contributed by atoms with van der Waals surface area (Å²) in [4.78, 5) is 32.5. The minimum absolute atomic E-state index is 0.0515. The van der Waals surface area contributed by atoms with Crippen LogP contribution < -0.4 is 5.32 Å². The SMILES string of the molecule is CC(=O)NCc1ccc(C(=O)CSc2ncc(-c3ccc(Br)cc3)[nH]2)s1. The van der Waals surface area contributed by atoms with Gasteiger partial charge in [0.2, 0.25) is 5.91 Å². The lowest BCUT2D eigenvalue weighted by Gasteiger charge is -1.99. The lowest BCUT2D eigenvalue weighted by atomic mass is 10.2. The fourth-order valence-corrected chi connectivity index (χ4v) is 4.17. The van der Waals surface area contributed by atoms with Crippen LogP contribution in [0, 0.1) is 0 Å². The topological polar surface area (TPSA) is 74.8 Å². The molecule has 0 unspecified atom stereocenters. The van der Waals surface area contributed by atoms with Crippen LogP contribution in [0.2, 0.25) is 0 Å². The van der Waals surface area contributed by atoms with E-state index in [1.54, 1.807) is 12.3 Å². The van der Waals surface area contributed by atoms with Crippen LogP contribution in [-0.4, -0.2) is 27.4 Å². The molecule has 3 aromatic rings. The van der Waals surface area contributed by atoms with E-state index in [1.165, 1.54) is 30.0 Å². The molecular formula is C18H16BrN3O2S2. The summed E-state index contributed by atoms with van der Waals surface area (Å²) < 4.78 is 1.02. The standard InChI is InChI=1S/C18H16BrN3O2S2/c1-11(23)20-8-14-6-7-17(26-14)16(24)10-25-18-21-9-15(22-18)12-2-4-13(19)5-3-12/h2-7,9H,8,10H2,1H3,(H,20,23)(H,21,22). The van der Waals surface area contributed by atoms with E-state index in [0.29, 0.717) is 22.3 Å². The number of aromatic nitrogens is 2. The van der Waals surface area contributed by atoms with Gasteiger partial charge in [0, 0.05) is 16.3 Å². The predicted molar refractivity (Wildman–Crippen MR) is 109 cm³/mol. The van der Waals surface area contributed by atoms with Gasteiger partial charge in [-0.05, 0) is 29.8 Å². The molecule has 0 saturated heterocycles. The van der Waals surface area contributed by atoms with E-state index in [9.17, 15) is 9.59 Å². The second kappa shape index (κ2) is 8.66. The summed E-state index contributed by atoms with van der Waals surface area (Å²) in [6.07, 6.45) is 1.77. The normalized spacial score (nSPS) is 10.7. The van der Waals surface area contributed by atoms with Crippen molar-refractivity contribution in [2.75, 3.05) is 5.75 Å². The molecule has 134 valence electrons. The fourth-order valence-electron chi connectivity index (χ4n) is 2.19. The molecule has 1 aromatic carbocycles. The number of thiophene rings is 1. The Bertz CT molecular complexity index is 919. The maximum Gasteiger partial charge on any atom is 0.217 e. The van der Waals surface area contributed by atoms with E-state index in [0.717, 1.165) is 20.6 Å². The van der Waals surface area contributed by atoms with Crippen molar-refractivity contribution < 1.29 is 9.59 Å². The Balaban J connectivity index is 1.56. The number of rotatable bonds is 7.